The van der Waals surface area contributed by atoms with Gasteiger partial charge >= 0.3 is 0 Å². The molecule has 3 N–H and O–H groups in total. The second-order valence-corrected chi connectivity index (χ2v) is 6.98. The number of ether oxygens (including phenoxy) is 2. The number of halogens is 1. The monoisotopic (exact) mass is 431 g/mol. The maximum atomic E-state index is 12.8. The molecular formula is C21H22ClN3O5. The van der Waals surface area contributed by atoms with Crippen LogP contribution in [0.15, 0.2) is 48.7 Å². The molecule has 1 atom stereocenters. The van der Waals surface area contributed by atoms with Crippen molar-refractivity contribution in [2.24, 2.45) is 0 Å². The van der Waals surface area contributed by atoms with E-state index >= 15 is 0 Å². The molecular weight excluding hydrogens is 410 g/mol. The van der Waals surface area contributed by atoms with Crippen molar-refractivity contribution in [3.8, 4) is 17.2 Å². The number of aromatic nitrogens is 2. The lowest BCUT2D eigenvalue weighted by Gasteiger charge is -2.13. The van der Waals surface area contributed by atoms with E-state index < -0.39 is 18.6 Å². The number of aliphatic hydroxyl groups excluding tert-OH is 2. The number of benzene rings is 2. The normalized spacial score (nSPS) is 11.8. The van der Waals surface area contributed by atoms with Crippen LogP contribution in [-0.2, 0) is 6.61 Å². The van der Waals surface area contributed by atoms with E-state index in [4.69, 9.17) is 21.1 Å². The minimum absolute atomic E-state index is 0.117. The Balaban J connectivity index is 1.81. The number of methoxy groups -OCH3 is 1. The fraction of sp³-hybridized carbons (Fsp3) is 0.238. The number of hydrogen-bond acceptors (Lipinski definition) is 6. The first-order valence-corrected chi connectivity index (χ1v) is 9.54. The number of hydrogen-bond donors (Lipinski definition) is 3. The lowest BCUT2D eigenvalue weighted by molar-refractivity contribution is 0.102. The van der Waals surface area contributed by atoms with Crippen LogP contribution in [0.25, 0.3) is 5.69 Å². The van der Waals surface area contributed by atoms with Gasteiger partial charge in [-0.15, -0.1) is 0 Å². The molecule has 158 valence electrons. The number of carbonyl (C=O) groups is 1. The molecule has 1 amide bonds. The molecule has 30 heavy (non-hydrogen) atoms. The Morgan fingerprint density at radius 1 is 1.23 bits per heavy atom. The zero-order valence-electron chi connectivity index (χ0n) is 16.5. The van der Waals surface area contributed by atoms with Crippen molar-refractivity contribution in [3.05, 3.63) is 64.9 Å². The van der Waals surface area contributed by atoms with Crippen LogP contribution in [0.4, 0.5) is 5.69 Å². The Bertz CT molecular complexity index is 1020. The molecule has 0 aliphatic rings. The van der Waals surface area contributed by atoms with Crippen molar-refractivity contribution in [3.63, 3.8) is 0 Å². The fourth-order valence-corrected chi connectivity index (χ4v) is 2.84. The molecule has 3 rings (SSSR count). The van der Waals surface area contributed by atoms with E-state index in [0.717, 1.165) is 0 Å². The van der Waals surface area contributed by atoms with Crippen molar-refractivity contribution in [2.75, 3.05) is 19.0 Å². The second-order valence-electron chi connectivity index (χ2n) is 6.55. The average molecular weight is 432 g/mol. The molecule has 3 aromatic rings. The summed E-state index contributed by atoms with van der Waals surface area (Å²) in [5.41, 5.74) is 1.66. The van der Waals surface area contributed by atoms with Gasteiger partial charge in [0.05, 0.1) is 31.1 Å². The van der Waals surface area contributed by atoms with Gasteiger partial charge in [0.15, 0.2) is 11.5 Å². The molecule has 0 aliphatic carbocycles. The third-order valence-corrected chi connectivity index (χ3v) is 4.43. The first-order valence-electron chi connectivity index (χ1n) is 9.17. The van der Waals surface area contributed by atoms with Gasteiger partial charge in [-0.1, -0.05) is 11.6 Å². The molecule has 0 fully saturated rings. The quantitative estimate of drug-likeness (QED) is 0.506. The van der Waals surface area contributed by atoms with Crippen molar-refractivity contribution >= 4 is 23.2 Å². The summed E-state index contributed by atoms with van der Waals surface area (Å²) in [6, 6.07) is 11.8. The van der Waals surface area contributed by atoms with Gasteiger partial charge in [0.25, 0.3) is 5.91 Å². The lowest BCUT2D eigenvalue weighted by Crippen LogP contribution is -2.14. The van der Waals surface area contributed by atoms with Crippen LogP contribution >= 0.6 is 11.6 Å². The van der Waals surface area contributed by atoms with Crippen LogP contribution in [0.1, 0.15) is 23.0 Å². The molecule has 8 nitrogen and oxygen atoms in total. The highest BCUT2D eigenvalue weighted by Gasteiger charge is 2.18. The smallest absolute Gasteiger partial charge is 0.259 e. The summed E-state index contributed by atoms with van der Waals surface area (Å²) in [5, 5.41) is 26.6. The molecule has 0 spiro atoms. The number of aliphatic hydroxyl groups is 2. The third-order valence-electron chi connectivity index (χ3n) is 4.18. The average Bonchev–Trinajstić information content (AvgIpc) is 3.17. The van der Waals surface area contributed by atoms with Crippen LogP contribution in [0.5, 0.6) is 11.5 Å². The minimum Gasteiger partial charge on any atom is -0.493 e. The molecule has 0 aliphatic heterocycles. The van der Waals surface area contributed by atoms with Crippen molar-refractivity contribution in [2.45, 2.75) is 19.6 Å². The molecule has 9 heteroatoms. The zero-order chi connectivity index (χ0) is 21.7. The third kappa shape index (κ3) is 5.10. The van der Waals surface area contributed by atoms with E-state index in [1.54, 1.807) is 55.6 Å². The molecule has 1 heterocycles. The molecule has 2 aromatic carbocycles. The van der Waals surface area contributed by atoms with Gasteiger partial charge in [0, 0.05) is 23.0 Å². The minimum atomic E-state index is -0.622. The Labute approximate surface area is 178 Å². The molecule has 0 saturated heterocycles. The molecule has 1 unspecified atom stereocenters. The van der Waals surface area contributed by atoms with Gasteiger partial charge in [-0.3, -0.25) is 4.79 Å². The topological polar surface area (TPSA) is 106 Å². The fourth-order valence-electron chi connectivity index (χ4n) is 2.72. The summed E-state index contributed by atoms with van der Waals surface area (Å²) >= 11 is 5.91. The Kier molecular flexibility index (Phi) is 6.94. The predicted molar refractivity (Wildman–Crippen MR) is 113 cm³/mol. The molecule has 0 bridgehead atoms. The zero-order valence-corrected chi connectivity index (χ0v) is 17.3. The highest BCUT2D eigenvalue weighted by atomic mass is 35.5. The van der Waals surface area contributed by atoms with E-state index in [1.165, 1.54) is 11.8 Å². The van der Waals surface area contributed by atoms with Crippen LogP contribution < -0.4 is 14.8 Å². The standard InChI is InChI=1S/C21H22ClN3O5/c1-13(27)12-30-19-8-5-15(9-20(19)29-2)23-21(28)17-10-25(24-18(17)11-26)16-6-3-14(22)4-7-16/h3-10,13,26-27H,11-12H2,1-2H3,(H,23,28). The summed E-state index contributed by atoms with van der Waals surface area (Å²) in [6.07, 6.45) is 0.921. The number of carbonyl (C=O) groups excluding carboxylic acids is 1. The summed E-state index contributed by atoms with van der Waals surface area (Å²) in [6.45, 7) is 1.34. The van der Waals surface area contributed by atoms with Gasteiger partial charge in [0.2, 0.25) is 0 Å². The predicted octanol–water partition coefficient (Wildman–Crippen LogP) is 3.04. The Morgan fingerprint density at radius 2 is 1.97 bits per heavy atom. The van der Waals surface area contributed by atoms with E-state index in [9.17, 15) is 15.0 Å². The SMILES string of the molecule is COc1cc(NC(=O)c2cn(-c3ccc(Cl)cc3)nc2CO)ccc1OCC(C)O. The first kappa shape index (κ1) is 21.6. The maximum Gasteiger partial charge on any atom is 0.259 e. The van der Waals surface area contributed by atoms with Gasteiger partial charge in [-0.25, -0.2) is 4.68 Å². The van der Waals surface area contributed by atoms with Crippen LogP contribution in [0.3, 0.4) is 0 Å². The molecule has 0 saturated carbocycles. The molecule has 1 aromatic heterocycles. The largest absolute Gasteiger partial charge is 0.493 e. The number of anilines is 1. The van der Waals surface area contributed by atoms with E-state index in [2.05, 4.69) is 10.4 Å². The van der Waals surface area contributed by atoms with E-state index in [1.807, 2.05) is 0 Å². The highest BCUT2D eigenvalue weighted by Crippen LogP contribution is 2.30. The first-order chi connectivity index (χ1) is 14.4. The van der Waals surface area contributed by atoms with Crippen LogP contribution in [-0.4, -0.2) is 45.7 Å². The lowest BCUT2D eigenvalue weighted by atomic mass is 10.2. The van der Waals surface area contributed by atoms with Gasteiger partial charge in [0.1, 0.15) is 12.3 Å². The number of rotatable bonds is 8. The Hall–Kier alpha value is -3.07. The van der Waals surface area contributed by atoms with Crippen LogP contribution in [0, 0.1) is 0 Å². The highest BCUT2D eigenvalue weighted by molar-refractivity contribution is 6.30. The second kappa shape index (κ2) is 9.62. The van der Waals surface area contributed by atoms with Crippen LogP contribution in [0.2, 0.25) is 5.02 Å². The number of nitrogens with one attached hydrogen (secondary N) is 1. The Morgan fingerprint density at radius 3 is 2.60 bits per heavy atom. The summed E-state index contributed by atoms with van der Waals surface area (Å²) in [4.78, 5) is 12.8. The number of amides is 1. The molecule has 0 radical (unpaired) electrons. The maximum absolute atomic E-state index is 12.8. The van der Waals surface area contributed by atoms with E-state index in [0.29, 0.717) is 27.9 Å². The summed E-state index contributed by atoms with van der Waals surface area (Å²) in [5.74, 6) is 0.426. The van der Waals surface area contributed by atoms with Gasteiger partial charge in [-0.05, 0) is 43.3 Å². The summed E-state index contributed by atoms with van der Waals surface area (Å²) in [7, 11) is 1.48. The van der Waals surface area contributed by atoms with Crippen molar-refractivity contribution < 1.29 is 24.5 Å². The number of nitrogens with zero attached hydrogens (tertiary/aromatic N) is 2. The van der Waals surface area contributed by atoms with Crippen molar-refractivity contribution in [1.82, 2.24) is 9.78 Å². The van der Waals surface area contributed by atoms with E-state index in [-0.39, 0.29) is 17.9 Å². The van der Waals surface area contributed by atoms with Crippen molar-refractivity contribution in [1.29, 1.82) is 0 Å². The van der Waals surface area contributed by atoms with Gasteiger partial charge in [-0.2, -0.15) is 5.10 Å². The van der Waals surface area contributed by atoms with Gasteiger partial charge < -0.3 is 25.0 Å². The summed E-state index contributed by atoms with van der Waals surface area (Å²) < 4.78 is 12.3.